The van der Waals surface area contributed by atoms with Gasteiger partial charge in [-0.15, -0.1) is 9.78 Å². The Kier molecular flexibility index (Phi) is 4.07. The molecule has 8 nitrogen and oxygen atoms in total. The van der Waals surface area contributed by atoms with Gasteiger partial charge in [0.25, 0.3) is 0 Å². The summed E-state index contributed by atoms with van der Waals surface area (Å²) in [4.78, 5) is 20.2. The lowest BCUT2D eigenvalue weighted by molar-refractivity contribution is 0.251. The van der Waals surface area contributed by atoms with Crippen molar-refractivity contribution in [2.24, 2.45) is 0 Å². The number of rotatable bonds is 3. The Morgan fingerprint density at radius 2 is 2.04 bits per heavy atom. The Bertz CT molecular complexity index is 834. The van der Waals surface area contributed by atoms with Gasteiger partial charge in [-0.2, -0.15) is 4.98 Å². The SMILES string of the molecule is Nc1nc(Nc2cccnc2)nn1C(=O)Nc1ccccc1Cl. The summed E-state index contributed by atoms with van der Waals surface area (Å²) in [6, 6.07) is 9.82. The number of hydrogen-bond donors (Lipinski definition) is 3. The smallest absolute Gasteiger partial charge is 0.349 e. The molecular formula is C14H12ClN7O. The van der Waals surface area contributed by atoms with Crippen molar-refractivity contribution in [3.05, 3.63) is 53.8 Å². The Morgan fingerprint density at radius 3 is 2.78 bits per heavy atom. The number of para-hydroxylation sites is 1. The molecule has 0 unspecified atom stereocenters. The van der Waals surface area contributed by atoms with Crippen molar-refractivity contribution in [2.45, 2.75) is 0 Å². The zero-order valence-corrected chi connectivity index (χ0v) is 12.5. The summed E-state index contributed by atoms with van der Waals surface area (Å²) in [6.07, 6.45) is 3.24. The topological polar surface area (TPSA) is 111 Å². The van der Waals surface area contributed by atoms with Gasteiger partial charge in [-0.1, -0.05) is 23.7 Å². The third kappa shape index (κ3) is 3.38. The normalized spacial score (nSPS) is 10.3. The largest absolute Gasteiger partial charge is 0.368 e. The lowest BCUT2D eigenvalue weighted by Crippen LogP contribution is -2.22. The molecule has 0 atom stereocenters. The van der Waals surface area contributed by atoms with E-state index in [1.54, 1.807) is 48.8 Å². The summed E-state index contributed by atoms with van der Waals surface area (Å²) < 4.78 is 0.946. The molecule has 23 heavy (non-hydrogen) atoms. The van der Waals surface area contributed by atoms with E-state index in [4.69, 9.17) is 17.3 Å². The van der Waals surface area contributed by atoms with E-state index in [0.717, 1.165) is 4.68 Å². The van der Waals surface area contributed by atoms with Crippen molar-refractivity contribution in [3.63, 3.8) is 0 Å². The maximum atomic E-state index is 12.2. The van der Waals surface area contributed by atoms with Gasteiger partial charge in [0.05, 0.1) is 22.6 Å². The highest BCUT2D eigenvalue weighted by atomic mass is 35.5. The van der Waals surface area contributed by atoms with Gasteiger partial charge in [0, 0.05) is 6.20 Å². The average molecular weight is 330 g/mol. The van der Waals surface area contributed by atoms with Crippen LogP contribution in [0, 0.1) is 0 Å². The van der Waals surface area contributed by atoms with Crippen LogP contribution in [0.15, 0.2) is 48.8 Å². The number of amides is 1. The van der Waals surface area contributed by atoms with E-state index < -0.39 is 6.03 Å². The van der Waals surface area contributed by atoms with Gasteiger partial charge in [-0.05, 0) is 24.3 Å². The predicted molar refractivity (Wildman–Crippen MR) is 87.8 cm³/mol. The van der Waals surface area contributed by atoms with Crippen LogP contribution >= 0.6 is 11.6 Å². The van der Waals surface area contributed by atoms with E-state index >= 15 is 0 Å². The second-order valence-electron chi connectivity index (χ2n) is 4.48. The fourth-order valence-corrected chi connectivity index (χ4v) is 2.01. The maximum absolute atomic E-state index is 12.2. The van der Waals surface area contributed by atoms with Crippen molar-refractivity contribution in [1.82, 2.24) is 19.7 Å². The summed E-state index contributed by atoms with van der Waals surface area (Å²) in [5.74, 6) is 0.130. The number of anilines is 4. The van der Waals surface area contributed by atoms with E-state index in [2.05, 4.69) is 25.7 Å². The fourth-order valence-electron chi connectivity index (χ4n) is 1.82. The number of nitrogens with zero attached hydrogens (tertiary/aromatic N) is 4. The zero-order chi connectivity index (χ0) is 16.2. The molecule has 0 aliphatic heterocycles. The number of nitrogen functional groups attached to an aromatic ring is 1. The molecule has 0 saturated carbocycles. The van der Waals surface area contributed by atoms with Crippen LogP contribution in [0.25, 0.3) is 0 Å². The molecule has 0 bridgehead atoms. The Morgan fingerprint density at radius 1 is 1.22 bits per heavy atom. The summed E-state index contributed by atoms with van der Waals surface area (Å²) in [6.45, 7) is 0. The molecule has 0 aliphatic rings. The lowest BCUT2D eigenvalue weighted by Gasteiger charge is -2.06. The molecule has 0 fully saturated rings. The van der Waals surface area contributed by atoms with Crippen LogP contribution in [0.1, 0.15) is 0 Å². The molecular weight excluding hydrogens is 318 g/mol. The van der Waals surface area contributed by atoms with Crippen molar-refractivity contribution >= 4 is 40.9 Å². The van der Waals surface area contributed by atoms with E-state index in [0.29, 0.717) is 16.4 Å². The van der Waals surface area contributed by atoms with E-state index in [9.17, 15) is 4.79 Å². The van der Waals surface area contributed by atoms with Crippen LogP contribution in [-0.4, -0.2) is 25.8 Å². The first-order valence-electron chi connectivity index (χ1n) is 6.59. The molecule has 9 heteroatoms. The van der Waals surface area contributed by atoms with Crippen LogP contribution < -0.4 is 16.4 Å². The monoisotopic (exact) mass is 329 g/mol. The molecule has 4 N–H and O–H groups in total. The first-order valence-corrected chi connectivity index (χ1v) is 6.97. The molecule has 3 aromatic rings. The molecule has 0 radical (unpaired) electrons. The minimum absolute atomic E-state index is 0.0547. The Balaban J connectivity index is 1.78. The molecule has 3 rings (SSSR count). The van der Waals surface area contributed by atoms with Gasteiger partial charge < -0.3 is 16.4 Å². The third-order valence-electron chi connectivity index (χ3n) is 2.86. The summed E-state index contributed by atoms with van der Waals surface area (Å²) in [7, 11) is 0. The van der Waals surface area contributed by atoms with Gasteiger partial charge in [0.15, 0.2) is 0 Å². The highest BCUT2D eigenvalue weighted by Gasteiger charge is 2.15. The van der Waals surface area contributed by atoms with E-state index in [-0.39, 0.29) is 11.9 Å². The second-order valence-corrected chi connectivity index (χ2v) is 4.89. The minimum Gasteiger partial charge on any atom is -0.368 e. The fraction of sp³-hybridized carbons (Fsp3) is 0. The van der Waals surface area contributed by atoms with Gasteiger partial charge >= 0.3 is 6.03 Å². The molecule has 1 aromatic carbocycles. The van der Waals surface area contributed by atoms with Gasteiger partial charge in [0.1, 0.15) is 0 Å². The first kappa shape index (κ1) is 14.8. The number of nitrogens with one attached hydrogen (secondary N) is 2. The van der Waals surface area contributed by atoms with Crippen LogP contribution in [0.5, 0.6) is 0 Å². The van der Waals surface area contributed by atoms with Crippen LogP contribution in [0.4, 0.5) is 28.1 Å². The third-order valence-corrected chi connectivity index (χ3v) is 3.19. The van der Waals surface area contributed by atoms with Crippen LogP contribution in [-0.2, 0) is 0 Å². The Hall–Kier alpha value is -3.13. The maximum Gasteiger partial charge on any atom is 0.349 e. The van der Waals surface area contributed by atoms with Crippen molar-refractivity contribution < 1.29 is 4.79 Å². The molecule has 1 amide bonds. The molecule has 2 aromatic heterocycles. The predicted octanol–water partition coefficient (Wildman–Crippen LogP) is 2.73. The molecule has 0 spiro atoms. The van der Waals surface area contributed by atoms with E-state index in [1.165, 1.54) is 0 Å². The van der Waals surface area contributed by atoms with E-state index in [1.807, 2.05) is 0 Å². The summed E-state index contributed by atoms with van der Waals surface area (Å²) >= 11 is 6.00. The Labute approximate surface area is 136 Å². The summed E-state index contributed by atoms with van der Waals surface area (Å²) in [5, 5.41) is 9.95. The highest BCUT2D eigenvalue weighted by Crippen LogP contribution is 2.21. The van der Waals surface area contributed by atoms with Crippen molar-refractivity contribution in [2.75, 3.05) is 16.4 Å². The number of carbonyl (C=O) groups is 1. The highest BCUT2D eigenvalue weighted by molar-refractivity contribution is 6.33. The van der Waals surface area contributed by atoms with Crippen molar-refractivity contribution in [3.8, 4) is 0 Å². The van der Waals surface area contributed by atoms with Gasteiger partial charge in [-0.3, -0.25) is 4.98 Å². The molecule has 2 heterocycles. The number of carbonyl (C=O) groups excluding carboxylic acids is 1. The number of hydrogen-bond acceptors (Lipinski definition) is 6. The number of aromatic nitrogens is 4. The second kappa shape index (κ2) is 6.32. The lowest BCUT2D eigenvalue weighted by atomic mass is 10.3. The molecule has 0 aliphatic carbocycles. The molecule has 0 saturated heterocycles. The quantitative estimate of drug-likeness (QED) is 0.681. The number of pyridine rings is 1. The number of benzene rings is 1. The minimum atomic E-state index is -0.567. The van der Waals surface area contributed by atoms with Crippen LogP contribution in [0.3, 0.4) is 0 Å². The summed E-state index contributed by atoms with van der Waals surface area (Å²) in [5.41, 5.74) is 6.86. The van der Waals surface area contributed by atoms with Crippen molar-refractivity contribution in [1.29, 1.82) is 0 Å². The molecule has 116 valence electrons. The first-order chi connectivity index (χ1) is 11.1. The van der Waals surface area contributed by atoms with Gasteiger partial charge in [0.2, 0.25) is 11.9 Å². The zero-order valence-electron chi connectivity index (χ0n) is 11.8. The number of halogens is 1. The average Bonchev–Trinajstić information content (AvgIpc) is 2.91. The van der Waals surface area contributed by atoms with Crippen LogP contribution in [0.2, 0.25) is 5.02 Å². The standard InChI is InChI=1S/C14H12ClN7O/c15-10-5-1-2-6-11(10)19-14(23)22-12(16)20-13(21-22)18-9-4-3-7-17-8-9/h1-8H,(H,19,23)(H3,16,18,20,21). The van der Waals surface area contributed by atoms with Gasteiger partial charge in [-0.25, -0.2) is 4.79 Å². The number of nitrogens with two attached hydrogens (primary N) is 1.